The number of hydrogen-bond acceptors (Lipinski definition) is 7. The third kappa shape index (κ3) is 6.90. The van der Waals surface area contributed by atoms with Crippen LogP contribution in [-0.4, -0.2) is 25.5 Å². The summed E-state index contributed by atoms with van der Waals surface area (Å²) in [4.78, 5) is 12.7. The van der Waals surface area contributed by atoms with Crippen LogP contribution < -0.4 is 44.7 Å². The summed E-state index contributed by atoms with van der Waals surface area (Å²) in [6.45, 7) is 3.69. The normalized spacial score (nSPS) is 11.4. The Morgan fingerprint density at radius 2 is 1.79 bits per heavy atom. The van der Waals surface area contributed by atoms with Crippen molar-refractivity contribution in [3.8, 4) is 11.5 Å². The fourth-order valence-electron chi connectivity index (χ4n) is 3.72. The van der Waals surface area contributed by atoms with E-state index in [1.807, 2.05) is 0 Å². The van der Waals surface area contributed by atoms with Crippen molar-refractivity contribution < 1.29 is 57.2 Å². The molecular weight excluding hydrogens is 576 g/mol. The number of carbonyl (C=O) groups excluding carboxylic acids is 1. The zero-order valence-electron chi connectivity index (χ0n) is 21.0. The molecule has 0 aliphatic rings. The standard InChI is InChI=1S/C26H21Cl2N3O6S.Na/c1-3-37-21-13-16(27)8-9-19(21)29-26(33)18-12-15-6-4-5-7-17(15)24(25(18)32)31-30-20-10-14(2)11-22(23(20)28)38(34,35)36;/h4-13,32H,3H2,1-2H3,(H,29,33)(H,34,35,36);/q;+1/p-1. The van der Waals surface area contributed by atoms with E-state index in [1.54, 1.807) is 56.3 Å². The molecule has 196 valence electrons. The summed E-state index contributed by atoms with van der Waals surface area (Å²) in [5, 5.41) is 25.2. The number of anilines is 1. The van der Waals surface area contributed by atoms with Gasteiger partial charge in [0.15, 0.2) is 0 Å². The van der Waals surface area contributed by atoms with Crippen molar-refractivity contribution in [3.63, 3.8) is 0 Å². The van der Waals surface area contributed by atoms with Crippen LogP contribution in [0.15, 0.2) is 75.8 Å². The first kappa shape index (κ1) is 30.8. The first-order valence-electron chi connectivity index (χ1n) is 11.2. The molecule has 1 amide bonds. The number of benzene rings is 4. The fraction of sp³-hybridized carbons (Fsp3) is 0.115. The number of hydrogen-bond donors (Lipinski definition) is 2. The molecule has 0 aliphatic heterocycles. The topological polar surface area (TPSA) is 140 Å². The Balaban J connectivity index is 0.00000420. The van der Waals surface area contributed by atoms with Crippen LogP contribution >= 0.6 is 23.2 Å². The molecular formula is C26H20Cl2N3NaO6S. The number of ether oxygens (including phenoxy) is 1. The van der Waals surface area contributed by atoms with E-state index in [0.717, 1.165) is 0 Å². The second kappa shape index (κ2) is 12.6. The van der Waals surface area contributed by atoms with Gasteiger partial charge in [0, 0.05) is 22.0 Å². The number of amides is 1. The Bertz CT molecular complexity index is 1710. The van der Waals surface area contributed by atoms with Gasteiger partial charge in [-0.15, -0.1) is 5.11 Å². The van der Waals surface area contributed by atoms with Gasteiger partial charge in [0.1, 0.15) is 16.3 Å². The third-order valence-corrected chi connectivity index (χ3v) is 7.03. The molecule has 0 aromatic heterocycles. The number of azo groups is 1. The summed E-state index contributed by atoms with van der Waals surface area (Å²) in [7, 11) is -4.63. The summed E-state index contributed by atoms with van der Waals surface area (Å²) >= 11 is 12.2. The fourth-order valence-corrected chi connectivity index (χ4v) is 4.99. The van der Waals surface area contributed by atoms with Gasteiger partial charge < -0.3 is 15.2 Å². The summed E-state index contributed by atoms with van der Waals surface area (Å²) in [6, 6.07) is 15.5. The van der Waals surface area contributed by atoms with E-state index >= 15 is 0 Å². The van der Waals surface area contributed by atoms with E-state index in [4.69, 9.17) is 27.9 Å². The molecule has 4 aromatic rings. The van der Waals surface area contributed by atoms with Crippen LogP contribution in [0.1, 0.15) is 22.8 Å². The zero-order valence-corrected chi connectivity index (χ0v) is 25.4. The number of nitrogens with one attached hydrogen (secondary N) is 1. The smallest absolute Gasteiger partial charge is 0.870 e. The molecule has 0 radical (unpaired) electrons. The minimum Gasteiger partial charge on any atom is -0.870 e. The second-order valence-corrected chi connectivity index (χ2v) is 10.3. The maximum absolute atomic E-state index is 13.4. The minimum absolute atomic E-state index is 0. The van der Waals surface area contributed by atoms with Crippen LogP contribution in [0.25, 0.3) is 10.8 Å². The van der Waals surface area contributed by atoms with Gasteiger partial charge in [-0.2, -0.15) is 13.5 Å². The minimum atomic E-state index is -4.63. The molecule has 39 heavy (non-hydrogen) atoms. The third-order valence-electron chi connectivity index (χ3n) is 5.41. The van der Waals surface area contributed by atoms with E-state index < -0.39 is 26.7 Å². The summed E-state index contributed by atoms with van der Waals surface area (Å²) in [5.41, 5.74) is 0.315. The van der Waals surface area contributed by atoms with Gasteiger partial charge in [0.25, 0.3) is 16.0 Å². The van der Waals surface area contributed by atoms with Crippen LogP contribution in [0.5, 0.6) is 11.5 Å². The number of aryl methyl sites for hydroxylation is 1. The van der Waals surface area contributed by atoms with Crippen LogP contribution in [0.3, 0.4) is 0 Å². The molecule has 0 unspecified atom stereocenters. The average molecular weight is 596 g/mol. The van der Waals surface area contributed by atoms with Gasteiger partial charge in [-0.05, 0) is 55.1 Å². The quantitative estimate of drug-likeness (QED) is 0.189. The molecule has 0 aliphatic carbocycles. The van der Waals surface area contributed by atoms with E-state index in [2.05, 4.69) is 15.5 Å². The van der Waals surface area contributed by atoms with Crippen molar-refractivity contribution in [1.29, 1.82) is 0 Å². The largest absolute Gasteiger partial charge is 1.00 e. The van der Waals surface area contributed by atoms with Crippen molar-refractivity contribution in [2.45, 2.75) is 18.7 Å². The molecule has 2 N–H and O–H groups in total. The Morgan fingerprint density at radius 1 is 1.08 bits per heavy atom. The monoisotopic (exact) mass is 595 g/mol. The molecule has 0 atom stereocenters. The van der Waals surface area contributed by atoms with Crippen molar-refractivity contribution in [1.82, 2.24) is 0 Å². The number of carbonyl (C=O) groups is 1. The number of nitrogens with zero attached hydrogens (tertiary/aromatic N) is 2. The van der Waals surface area contributed by atoms with Crippen LogP contribution in [-0.2, 0) is 10.1 Å². The van der Waals surface area contributed by atoms with Crippen LogP contribution in [0.4, 0.5) is 17.1 Å². The molecule has 0 saturated heterocycles. The van der Waals surface area contributed by atoms with E-state index in [1.165, 1.54) is 18.2 Å². The Hall–Kier alpha value is -2.70. The van der Waals surface area contributed by atoms with Gasteiger partial charge >= 0.3 is 29.6 Å². The molecule has 0 bridgehead atoms. The molecule has 4 rings (SSSR count). The maximum Gasteiger partial charge on any atom is 1.00 e. The van der Waals surface area contributed by atoms with Gasteiger partial charge in [0.05, 0.1) is 23.0 Å². The van der Waals surface area contributed by atoms with Crippen molar-refractivity contribution in [2.75, 3.05) is 11.9 Å². The SMILES string of the molecule is CCOc1cc(Cl)ccc1NC(=O)c1cc2ccccc2c(N=Nc2cc(C)cc(S(=O)(=O)O)c2Cl)c1[O-].[Na+]. The molecule has 13 heteroatoms. The molecule has 0 fully saturated rings. The Labute approximate surface area is 256 Å². The van der Waals surface area contributed by atoms with Crippen molar-refractivity contribution in [3.05, 3.63) is 81.8 Å². The number of rotatable bonds is 7. The number of fused-ring (bicyclic) bond motifs is 1. The van der Waals surface area contributed by atoms with Crippen molar-refractivity contribution in [2.24, 2.45) is 10.2 Å². The van der Waals surface area contributed by atoms with Gasteiger partial charge in [-0.1, -0.05) is 53.2 Å². The molecule has 0 saturated carbocycles. The van der Waals surface area contributed by atoms with E-state index in [9.17, 15) is 22.9 Å². The van der Waals surface area contributed by atoms with Crippen LogP contribution in [0.2, 0.25) is 10.0 Å². The first-order valence-corrected chi connectivity index (χ1v) is 13.3. The molecule has 9 nitrogen and oxygen atoms in total. The van der Waals surface area contributed by atoms with Gasteiger partial charge in [0.2, 0.25) is 0 Å². The number of halogens is 2. The predicted octanol–water partition coefficient (Wildman–Crippen LogP) is 3.85. The summed E-state index contributed by atoms with van der Waals surface area (Å²) in [6.07, 6.45) is 0. The second-order valence-electron chi connectivity index (χ2n) is 8.12. The molecule has 4 aromatic carbocycles. The Morgan fingerprint density at radius 3 is 2.49 bits per heavy atom. The van der Waals surface area contributed by atoms with E-state index in [-0.39, 0.29) is 51.5 Å². The summed E-state index contributed by atoms with van der Waals surface area (Å²) < 4.78 is 38.4. The molecule has 0 heterocycles. The van der Waals surface area contributed by atoms with Gasteiger partial charge in [-0.3, -0.25) is 9.35 Å². The van der Waals surface area contributed by atoms with Crippen molar-refractivity contribution >= 4 is 67.1 Å². The van der Waals surface area contributed by atoms with E-state index in [0.29, 0.717) is 39.4 Å². The maximum atomic E-state index is 13.4. The van der Waals surface area contributed by atoms with Crippen LogP contribution in [0, 0.1) is 6.92 Å². The Kier molecular flexibility index (Phi) is 10.0. The first-order chi connectivity index (χ1) is 18.0. The molecule has 0 spiro atoms. The average Bonchev–Trinajstić information content (AvgIpc) is 2.86. The zero-order chi connectivity index (χ0) is 27.6. The van der Waals surface area contributed by atoms with Gasteiger partial charge in [-0.25, -0.2) is 0 Å². The predicted molar refractivity (Wildman–Crippen MR) is 144 cm³/mol. The summed E-state index contributed by atoms with van der Waals surface area (Å²) in [5.74, 6) is -1.08.